The Bertz CT molecular complexity index is 958. The Morgan fingerprint density at radius 1 is 1.03 bits per heavy atom. The minimum atomic E-state index is -1.33. The lowest BCUT2D eigenvalue weighted by molar-refractivity contribution is -0.157. The van der Waals surface area contributed by atoms with Crippen LogP contribution in [0.15, 0.2) is 48.5 Å². The van der Waals surface area contributed by atoms with Gasteiger partial charge in [-0.15, -0.1) is 0 Å². The van der Waals surface area contributed by atoms with Crippen LogP contribution >= 0.6 is 0 Å². The molecule has 0 aliphatic heterocycles. The molecule has 0 unspecified atom stereocenters. The maximum Gasteiger partial charge on any atom is 0.407 e. The van der Waals surface area contributed by atoms with E-state index >= 15 is 0 Å². The Kier molecular flexibility index (Phi) is 7.15. The second-order valence-corrected chi connectivity index (χ2v) is 8.12. The first-order valence-corrected chi connectivity index (χ1v) is 10.4. The van der Waals surface area contributed by atoms with Gasteiger partial charge < -0.3 is 24.8 Å². The van der Waals surface area contributed by atoms with Crippen molar-refractivity contribution in [1.29, 1.82) is 0 Å². The topological polar surface area (TPSA) is 105 Å². The molecule has 2 N–H and O–H groups in total. The highest BCUT2D eigenvalue weighted by Crippen LogP contribution is 2.44. The molecule has 0 saturated carbocycles. The zero-order chi connectivity index (χ0) is 23.3. The summed E-state index contributed by atoms with van der Waals surface area (Å²) in [4.78, 5) is 36.5. The van der Waals surface area contributed by atoms with E-state index in [2.05, 4.69) is 29.6 Å². The zero-order valence-corrected chi connectivity index (χ0v) is 18.5. The van der Waals surface area contributed by atoms with Crippen LogP contribution in [0.4, 0.5) is 4.79 Å². The first-order chi connectivity index (χ1) is 15.2. The van der Waals surface area contributed by atoms with Gasteiger partial charge in [0.1, 0.15) is 18.8 Å². The second kappa shape index (κ2) is 9.82. The van der Waals surface area contributed by atoms with Gasteiger partial charge in [-0.05, 0) is 36.1 Å². The number of aliphatic carboxylic acids is 1. The van der Waals surface area contributed by atoms with E-state index in [0.29, 0.717) is 0 Å². The van der Waals surface area contributed by atoms with Gasteiger partial charge >= 0.3 is 12.1 Å². The molecule has 2 amide bonds. The van der Waals surface area contributed by atoms with Gasteiger partial charge in [-0.2, -0.15) is 0 Å². The number of nitrogens with zero attached hydrogens (tertiary/aromatic N) is 1. The summed E-state index contributed by atoms with van der Waals surface area (Å²) in [5.74, 6) is -1.58. The van der Waals surface area contributed by atoms with Crippen LogP contribution in [0.25, 0.3) is 11.1 Å². The average Bonchev–Trinajstić information content (AvgIpc) is 3.10. The third kappa shape index (κ3) is 4.91. The van der Waals surface area contributed by atoms with Crippen molar-refractivity contribution in [1.82, 2.24) is 10.2 Å². The number of carbonyl (C=O) groups is 3. The predicted octanol–water partition coefficient (Wildman–Crippen LogP) is 2.86. The number of ether oxygens (including phenoxy) is 2. The smallest absolute Gasteiger partial charge is 0.407 e. The van der Waals surface area contributed by atoms with E-state index in [0.717, 1.165) is 27.2 Å². The summed E-state index contributed by atoms with van der Waals surface area (Å²) in [5.41, 5.74) is 3.26. The maximum absolute atomic E-state index is 12.1. The molecule has 0 aromatic heterocycles. The summed E-state index contributed by atoms with van der Waals surface area (Å²) in [6.07, 6.45) is -0.564. The molecule has 0 radical (unpaired) electrons. The SMILES string of the molecule is CN(C(=O)COCCNC(=O)OCC1c2ccccc2-c2ccccc21)C(C)(C)C(=O)O. The number of fused-ring (bicyclic) bond motifs is 3. The molecule has 0 bridgehead atoms. The zero-order valence-electron chi connectivity index (χ0n) is 18.5. The van der Waals surface area contributed by atoms with Crippen molar-refractivity contribution < 1.29 is 29.0 Å². The van der Waals surface area contributed by atoms with Crippen LogP contribution in [-0.4, -0.2) is 66.9 Å². The number of benzene rings is 2. The van der Waals surface area contributed by atoms with Gasteiger partial charge in [0, 0.05) is 19.5 Å². The van der Waals surface area contributed by atoms with Gasteiger partial charge in [0.2, 0.25) is 5.91 Å². The lowest BCUT2D eigenvalue weighted by Crippen LogP contribution is -2.51. The Balaban J connectivity index is 1.41. The highest BCUT2D eigenvalue weighted by molar-refractivity contribution is 5.86. The van der Waals surface area contributed by atoms with Crippen LogP contribution in [0.5, 0.6) is 0 Å². The van der Waals surface area contributed by atoms with Crippen LogP contribution in [0.3, 0.4) is 0 Å². The van der Waals surface area contributed by atoms with Crippen molar-refractivity contribution in [2.24, 2.45) is 0 Å². The molecular formula is C24H28N2O6. The summed E-state index contributed by atoms with van der Waals surface area (Å²) in [6.45, 7) is 3.07. The van der Waals surface area contributed by atoms with Gasteiger partial charge in [0.15, 0.2) is 0 Å². The molecule has 0 heterocycles. The van der Waals surface area contributed by atoms with E-state index < -0.39 is 23.5 Å². The van der Waals surface area contributed by atoms with Crippen molar-refractivity contribution in [3.8, 4) is 11.1 Å². The van der Waals surface area contributed by atoms with Crippen molar-refractivity contribution in [2.45, 2.75) is 25.3 Å². The van der Waals surface area contributed by atoms with Crippen LogP contribution in [-0.2, 0) is 19.1 Å². The predicted molar refractivity (Wildman–Crippen MR) is 118 cm³/mol. The minimum Gasteiger partial charge on any atom is -0.480 e. The summed E-state index contributed by atoms with van der Waals surface area (Å²) in [7, 11) is 1.41. The molecule has 1 aliphatic rings. The molecule has 0 saturated heterocycles. The number of nitrogens with one attached hydrogen (secondary N) is 1. The minimum absolute atomic E-state index is 0.0184. The fourth-order valence-corrected chi connectivity index (χ4v) is 3.59. The third-order valence-corrected chi connectivity index (χ3v) is 5.82. The lowest BCUT2D eigenvalue weighted by atomic mass is 9.98. The number of likely N-dealkylation sites (N-methyl/N-ethyl adjacent to an activating group) is 1. The average molecular weight is 440 g/mol. The van der Waals surface area contributed by atoms with Crippen LogP contribution < -0.4 is 5.32 Å². The van der Waals surface area contributed by atoms with E-state index in [1.165, 1.54) is 20.9 Å². The number of amides is 2. The summed E-state index contributed by atoms with van der Waals surface area (Å²) in [5, 5.41) is 11.8. The van der Waals surface area contributed by atoms with Crippen molar-refractivity contribution >= 4 is 18.0 Å². The molecule has 2 aromatic carbocycles. The number of carboxylic acid groups (broad SMARTS) is 1. The molecule has 0 atom stereocenters. The molecule has 170 valence electrons. The maximum atomic E-state index is 12.1. The van der Waals surface area contributed by atoms with Crippen molar-refractivity contribution in [3.05, 3.63) is 59.7 Å². The Morgan fingerprint density at radius 3 is 2.16 bits per heavy atom. The molecule has 8 nitrogen and oxygen atoms in total. The van der Waals surface area contributed by atoms with Crippen molar-refractivity contribution in [2.75, 3.05) is 33.4 Å². The summed E-state index contributed by atoms with van der Waals surface area (Å²) < 4.78 is 10.7. The molecule has 1 aliphatic carbocycles. The van der Waals surface area contributed by atoms with Gasteiger partial charge in [0.25, 0.3) is 0 Å². The molecule has 2 aromatic rings. The molecule has 0 spiro atoms. The van der Waals surface area contributed by atoms with E-state index in [4.69, 9.17) is 9.47 Å². The molecular weight excluding hydrogens is 412 g/mol. The number of hydrogen-bond donors (Lipinski definition) is 2. The quantitative estimate of drug-likeness (QED) is 0.581. The fraction of sp³-hybridized carbons (Fsp3) is 0.375. The number of hydrogen-bond acceptors (Lipinski definition) is 5. The summed E-state index contributed by atoms with van der Waals surface area (Å²) in [6, 6.07) is 16.2. The third-order valence-electron chi connectivity index (χ3n) is 5.82. The van der Waals surface area contributed by atoms with Gasteiger partial charge in [-0.1, -0.05) is 48.5 Å². The van der Waals surface area contributed by atoms with E-state index in [-0.39, 0.29) is 32.3 Å². The highest BCUT2D eigenvalue weighted by atomic mass is 16.5. The Labute approximate surface area is 187 Å². The van der Waals surface area contributed by atoms with E-state index in [9.17, 15) is 19.5 Å². The Hall–Kier alpha value is -3.39. The monoisotopic (exact) mass is 440 g/mol. The normalized spacial score (nSPS) is 12.6. The van der Waals surface area contributed by atoms with E-state index in [1.807, 2.05) is 24.3 Å². The Morgan fingerprint density at radius 2 is 1.59 bits per heavy atom. The number of carbonyl (C=O) groups excluding carboxylic acids is 2. The highest BCUT2D eigenvalue weighted by Gasteiger charge is 2.35. The molecule has 8 heteroatoms. The first-order valence-electron chi connectivity index (χ1n) is 10.4. The number of carboxylic acids is 1. The number of rotatable bonds is 9. The number of alkyl carbamates (subject to hydrolysis) is 1. The van der Waals surface area contributed by atoms with Gasteiger partial charge in [0.05, 0.1) is 6.61 Å². The second-order valence-electron chi connectivity index (χ2n) is 8.12. The molecule has 3 rings (SSSR count). The largest absolute Gasteiger partial charge is 0.480 e. The molecule has 32 heavy (non-hydrogen) atoms. The first kappa shape index (κ1) is 23.3. The van der Waals surface area contributed by atoms with Crippen LogP contribution in [0.1, 0.15) is 30.9 Å². The van der Waals surface area contributed by atoms with Crippen LogP contribution in [0, 0.1) is 0 Å². The van der Waals surface area contributed by atoms with E-state index in [1.54, 1.807) is 0 Å². The van der Waals surface area contributed by atoms with Crippen LogP contribution in [0.2, 0.25) is 0 Å². The van der Waals surface area contributed by atoms with Gasteiger partial charge in [-0.3, -0.25) is 4.79 Å². The lowest BCUT2D eigenvalue weighted by Gasteiger charge is -2.31. The van der Waals surface area contributed by atoms with Gasteiger partial charge in [-0.25, -0.2) is 9.59 Å². The summed E-state index contributed by atoms with van der Waals surface area (Å²) >= 11 is 0. The molecule has 0 fully saturated rings. The standard InChI is InChI=1S/C24H28N2O6/c1-24(2,22(28)29)26(3)21(27)15-31-13-12-25-23(30)32-14-20-18-10-6-4-8-16(18)17-9-5-7-11-19(17)20/h4-11,20H,12-15H2,1-3H3,(H,25,30)(H,28,29). The van der Waals surface area contributed by atoms with Crippen molar-refractivity contribution in [3.63, 3.8) is 0 Å². The fourth-order valence-electron chi connectivity index (χ4n) is 3.59.